The van der Waals surface area contributed by atoms with E-state index in [0.29, 0.717) is 24.6 Å². The monoisotopic (exact) mass is 248 g/mol. The van der Waals surface area contributed by atoms with Crippen molar-refractivity contribution in [1.29, 1.82) is 0 Å². The first-order chi connectivity index (χ1) is 7.86. The average molecular weight is 248 g/mol. The molecule has 1 nitrogen and oxygen atoms in total. The Morgan fingerprint density at radius 3 is 2.47 bits per heavy atom. The van der Waals surface area contributed by atoms with Gasteiger partial charge in [-0.1, -0.05) is 13.3 Å². The number of carbonyl (C=O) groups excluding carboxylic acids is 1. The van der Waals surface area contributed by atoms with Gasteiger partial charge in [-0.05, 0) is 24.6 Å². The maximum Gasteiger partial charge on any atom is 0.416 e. The molecule has 0 atom stereocenters. The van der Waals surface area contributed by atoms with Gasteiger partial charge in [-0.3, -0.25) is 4.79 Å². The molecule has 0 aliphatic rings. The van der Waals surface area contributed by atoms with E-state index >= 15 is 0 Å². The Balaban J connectivity index is 3.02. The predicted octanol–water partition coefficient (Wildman–Crippen LogP) is 4.22. The van der Waals surface area contributed by atoms with Crippen LogP contribution >= 0.6 is 0 Å². The second kappa shape index (κ2) is 5.29. The molecule has 94 valence electrons. The van der Waals surface area contributed by atoms with Gasteiger partial charge in [0.25, 0.3) is 0 Å². The summed E-state index contributed by atoms with van der Waals surface area (Å²) >= 11 is 0. The van der Waals surface area contributed by atoms with Crippen LogP contribution in [0.15, 0.2) is 18.2 Å². The highest BCUT2D eigenvalue weighted by atomic mass is 19.4. The number of benzene rings is 1. The number of alkyl halides is 3. The molecule has 5 heteroatoms. The highest BCUT2D eigenvalue weighted by molar-refractivity contribution is 5.96. The van der Waals surface area contributed by atoms with Gasteiger partial charge in [-0.25, -0.2) is 4.39 Å². The van der Waals surface area contributed by atoms with Gasteiger partial charge in [0, 0.05) is 6.42 Å². The lowest BCUT2D eigenvalue weighted by molar-refractivity contribution is -0.137. The molecule has 0 fully saturated rings. The smallest absolute Gasteiger partial charge is 0.294 e. The zero-order valence-corrected chi connectivity index (χ0v) is 9.27. The first kappa shape index (κ1) is 13.7. The molecule has 0 aromatic heterocycles. The molecule has 0 amide bonds. The summed E-state index contributed by atoms with van der Waals surface area (Å²) in [5.74, 6) is -1.49. The van der Waals surface area contributed by atoms with Gasteiger partial charge in [0.1, 0.15) is 5.82 Å². The normalized spacial score (nSPS) is 11.6. The van der Waals surface area contributed by atoms with E-state index in [2.05, 4.69) is 0 Å². The van der Waals surface area contributed by atoms with Crippen LogP contribution in [0.25, 0.3) is 0 Å². The number of halogens is 4. The highest BCUT2D eigenvalue weighted by Gasteiger charge is 2.31. The van der Waals surface area contributed by atoms with E-state index in [4.69, 9.17) is 0 Å². The summed E-state index contributed by atoms with van der Waals surface area (Å²) in [7, 11) is 0. The summed E-state index contributed by atoms with van der Waals surface area (Å²) in [4.78, 5) is 11.5. The van der Waals surface area contributed by atoms with E-state index in [1.54, 1.807) is 0 Å². The predicted molar refractivity (Wildman–Crippen MR) is 55.3 cm³/mol. The van der Waals surface area contributed by atoms with Crippen LogP contribution in [-0.2, 0) is 6.18 Å². The van der Waals surface area contributed by atoms with E-state index in [1.165, 1.54) is 0 Å². The Morgan fingerprint density at radius 2 is 1.94 bits per heavy atom. The lowest BCUT2D eigenvalue weighted by Crippen LogP contribution is -2.09. The molecule has 1 aromatic rings. The Hall–Kier alpha value is -1.39. The molecule has 0 heterocycles. The number of Topliss-reactive ketones (excluding diaryl/α,β-unsaturated/α-hetero) is 1. The minimum atomic E-state index is -4.56. The summed E-state index contributed by atoms with van der Waals surface area (Å²) in [6.07, 6.45) is -3.23. The molecular weight excluding hydrogens is 236 g/mol. The van der Waals surface area contributed by atoms with Gasteiger partial charge in [-0.15, -0.1) is 0 Å². The molecule has 0 unspecified atom stereocenters. The second-order valence-electron chi connectivity index (χ2n) is 3.72. The number of hydrogen-bond donors (Lipinski definition) is 0. The van der Waals surface area contributed by atoms with Gasteiger partial charge < -0.3 is 0 Å². The van der Waals surface area contributed by atoms with Gasteiger partial charge in [0.05, 0.1) is 11.1 Å². The van der Waals surface area contributed by atoms with E-state index in [-0.39, 0.29) is 6.42 Å². The number of rotatable bonds is 4. The van der Waals surface area contributed by atoms with Crippen molar-refractivity contribution >= 4 is 5.78 Å². The third-order valence-corrected chi connectivity index (χ3v) is 2.35. The van der Waals surface area contributed by atoms with Crippen LogP contribution in [0, 0.1) is 5.82 Å². The van der Waals surface area contributed by atoms with Crippen molar-refractivity contribution in [3.05, 3.63) is 35.1 Å². The SMILES string of the molecule is CCCCC(=O)c1cc(C(F)(F)F)ccc1F. The average Bonchev–Trinajstić information content (AvgIpc) is 2.24. The topological polar surface area (TPSA) is 17.1 Å². The van der Waals surface area contributed by atoms with Crippen LogP contribution in [0.3, 0.4) is 0 Å². The van der Waals surface area contributed by atoms with Crippen molar-refractivity contribution in [3.8, 4) is 0 Å². The Morgan fingerprint density at radius 1 is 1.29 bits per heavy atom. The third kappa shape index (κ3) is 3.54. The summed E-state index contributed by atoms with van der Waals surface area (Å²) in [6.45, 7) is 1.84. The van der Waals surface area contributed by atoms with E-state index < -0.39 is 28.9 Å². The highest BCUT2D eigenvalue weighted by Crippen LogP contribution is 2.30. The molecule has 0 saturated carbocycles. The van der Waals surface area contributed by atoms with Crippen molar-refractivity contribution in [2.75, 3.05) is 0 Å². The number of unbranched alkanes of at least 4 members (excludes halogenated alkanes) is 1. The first-order valence-electron chi connectivity index (χ1n) is 5.26. The van der Waals surface area contributed by atoms with Gasteiger partial charge >= 0.3 is 6.18 Å². The van der Waals surface area contributed by atoms with Crippen molar-refractivity contribution in [2.45, 2.75) is 32.4 Å². The largest absolute Gasteiger partial charge is 0.416 e. The lowest BCUT2D eigenvalue weighted by Gasteiger charge is -2.09. The first-order valence-corrected chi connectivity index (χ1v) is 5.26. The minimum Gasteiger partial charge on any atom is -0.294 e. The van der Waals surface area contributed by atoms with Gasteiger partial charge in [-0.2, -0.15) is 13.2 Å². The zero-order valence-electron chi connectivity index (χ0n) is 9.27. The van der Waals surface area contributed by atoms with Crippen molar-refractivity contribution in [3.63, 3.8) is 0 Å². The van der Waals surface area contributed by atoms with E-state index in [0.717, 1.165) is 6.42 Å². The Labute approximate surface area is 96.4 Å². The zero-order chi connectivity index (χ0) is 13.1. The number of carbonyl (C=O) groups is 1. The van der Waals surface area contributed by atoms with Crippen LogP contribution in [0.4, 0.5) is 17.6 Å². The molecule has 0 spiro atoms. The Bertz CT molecular complexity index is 409. The maximum absolute atomic E-state index is 13.2. The number of ketones is 1. The molecule has 17 heavy (non-hydrogen) atoms. The van der Waals surface area contributed by atoms with E-state index in [1.807, 2.05) is 6.92 Å². The molecule has 0 radical (unpaired) electrons. The van der Waals surface area contributed by atoms with Crippen LogP contribution < -0.4 is 0 Å². The van der Waals surface area contributed by atoms with Crippen LogP contribution in [0.1, 0.15) is 42.1 Å². The standard InChI is InChI=1S/C12H12F4O/c1-2-3-4-11(17)9-7-8(12(14,15)16)5-6-10(9)13/h5-7H,2-4H2,1H3. The third-order valence-electron chi connectivity index (χ3n) is 2.35. The molecule has 1 aromatic carbocycles. The lowest BCUT2D eigenvalue weighted by atomic mass is 10.0. The van der Waals surface area contributed by atoms with Crippen LogP contribution in [-0.4, -0.2) is 5.78 Å². The molecule has 0 bridgehead atoms. The van der Waals surface area contributed by atoms with Crippen molar-refractivity contribution in [2.24, 2.45) is 0 Å². The van der Waals surface area contributed by atoms with Gasteiger partial charge in [0.2, 0.25) is 0 Å². The molecule has 0 N–H and O–H groups in total. The molecule has 0 saturated heterocycles. The molecule has 1 rings (SSSR count). The molecule has 0 aliphatic carbocycles. The fourth-order valence-electron chi connectivity index (χ4n) is 1.39. The summed E-state index contributed by atoms with van der Waals surface area (Å²) in [6, 6.07) is 1.89. The maximum atomic E-state index is 13.2. The molecule has 0 aliphatic heterocycles. The summed E-state index contributed by atoms with van der Waals surface area (Å²) < 4.78 is 50.4. The second-order valence-corrected chi connectivity index (χ2v) is 3.72. The van der Waals surface area contributed by atoms with E-state index in [9.17, 15) is 22.4 Å². The van der Waals surface area contributed by atoms with Crippen LogP contribution in [0.5, 0.6) is 0 Å². The minimum absolute atomic E-state index is 0.0642. The van der Waals surface area contributed by atoms with Gasteiger partial charge in [0.15, 0.2) is 5.78 Å². The van der Waals surface area contributed by atoms with Crippen molar-refractivity contribution < 1.29 is 22.4 Å². The summed E-state index contributed by atoms with van der Waals surface area (Å²) in [5.41, 5.74) is -1.48. The quantitative estimate of drug-likeness (QED) is 0.576. The fraction of sp³-hybridized carbons (Fsp3) is 0.417. The molecular formula is C12H12F4O. The van der Waals surface area contributed by atoms with Crippen LogP contribution in [0.2, 0.25) is 0 Å². The Kier molecular flexibility index (Phi) is 4.26. The number of hydrogen-bond acceptors (Lipinski definition) is 1. The summed E-state index contributed by atoms with van der Waals surface area (Å²) in [5, 5.41) is 0. The van der Waals surface area contributed by atoms with Crippen molar-refractivity contribution in [1.82, 2.24) is 0 Å². The fourth-order valence-corrected chi connectivity index (χ4v) is 1.39.